The molecule has 1 aromatic heterocycles. The Hall–Kier alpha value is -2.10. The van der Waals surface area contributed by atoms with Crippen LogP contribution in [0.5, 0.6) is 0 Å². The zero-order valence-corrected chi connectivity index (χ0v) is 11.4. The van der Waals surface area contributed by atoms with E-state index in [0.29, 0.717) is 13.0 Å². The first-order chi connectivity index (χ1) is 9.15. The SMILES string of the molecule is Cc1ccc(CC(=O)NCCc2cnc[nH]2)cc1C. The molecule has 19 heavy (non-hydrogen) atoms. The van der Waals surface area contributed by atoms with Crippen LogP contribution in [-0.2, 0) is 17.6 Å². The maximum Gasteiger partial charge on any atom is 0.224 e. The van der Waals surface area contributed by atoms with Crippen LogP contribution >= 0.6 is 0 Å². The molecule has 1 aromatic carbocycles. The van der Waals surface area contributed by atoms with Gasteiger partial charge in [-0.25, -0.2) is 4.98 Å². The minimum absolute atomic E-state index is 0.0581. The first kappa shape index (κ1) is 13.3. The van der Waals surface area contributed by atoms with Crippen molar-refractivity contribution in [2.24, 2.45) is 0 Å². The Bertz CT molecular complexity index is 547. The lowest BCUT2D eigenvalue weighted by atomic mass is 10.0. The highest BCUT2D eigenvalue weighted by atomic mass is 16.1. The lowest BCUT2D eigenvalue weighted by molar-refractivity contribution is -0.120. The largest absolute Gasteiger partial charge is 0.355 e. The molecular weight excluding hydrogens is 238 g/mol. The normalized spacial score (nSPS) is 10.4. The van der Waals surface area contributed by atoms with E-state index in [-0.39, 0.29) is 5.91 Å². The van der Waals surface area contributed by atoms with Crippen LogP contribution in [-0.4, -0.2) is 22.4 Å². The van der Waals surface area contributed by atoms with Crippen molar-refractivity contribution in [1.29, 1.82) is 0 Å². The number of benzene rings is 1. The third-order valence-electron chi connectivity index (χ3n) is 3.21. The fourth-order valence-electron chi connectivity index (χ4n) is 1.92. The summed E-state index contributed by atoms with van der Waals surface area (Å²) in [4.78, 5) is 18.7. The minimum atomic E-state index is 0.0581. The molecule has 0 saturated carbocycles. The summed E-state index contributed by atoms with van der Waals surface area (Å²) in [7, 11) is 0. The molecule has 0 bridgehead atoms. The van der Waals surface area contributed by atoms with Gasteiger partial charge in [-0.3, -0.25) is 4.79 Å². The highest BCUT2D eigenvalue weighted by Crippen LogP contribution is 2.10. The van der Waals surface area contributed by atoms with Crippen LogP contribution in [0.3, 0.4) is 0 Å². The highest BCUT2D eigenvalue weighted by molar-refractivity contribution is 5.78. The quantitative estimate of drug-likeness (QED) is 0.860. The van der Waals surface area contributed by atoms with Gasteiger partial charge in [0.2, 0.25) is 5.91 Å². The van der Waals surface area contributed by atoms with Crippen molar-refractivity contribution in [3.63, 3.8) is 0 Å². The number of nitrogens with one attached hydrogen (secondary N) is 2. The van der Waals surface area contributed by atoms with Crippen molar-refractivity contribution in [2.45, 2.75) is 26.7 Å². The molecule has 2 N–H and O–H groups in total. The van der Waals surface area contributed by atoms with E-state index < -0.39 is 0 Å². The molecule has 0 radical (unpaired) electrons. The van der Waals surface area contributed by atoms with Crippen molar-refractivity contribution in [2.75, 3.05) is 6.54 Å². The minimum Gasteiger partial charge on any atom is -0.355 e. The summed E-state index contributed by atoms with van der Waals surface area (Å²) in [6.07, 6.45) is 4.63. The van der Waals surface area contributed by atoms with Crippen molar-refractivity contribution < 1.29 is 4.79 Å². The van der Waals surface area contributed by atoms with Gasteiger partial charge in [0.05, 0.1) is 12.7 Å². The van der Waals surface area contributed by atoms with Crippen molar-refractivity contribution in [1.82, 2.24) is 15.3 Å². The number of nitrogens with zero attached hydrogens (tertiary/aromatic N) is 1. The summed E-state index contributed by atoms with van der Waals surface area (Å²) in [5.74, 6) is 0.0581. The fourth-order valence-corrected chi connectivity index (χ4v) is 1.92. The zero-order valence-electron chi connectivity index (χ0n) is 11.4. The van der Waals surface area contributed by atoms with Gasteiger partial charge in [0, 0.05) is 24.9 Å². The summed E-state index contributed by atoms with van der Waals surface area (Å²) in [6, 6.07) is 6.14. The van der Waals surface area contributed by atoms with Gasteiger partial charge >= 0.3 is 0 Å². The van der Waals surface area contributed by atoms with Crippen LogP contribution < -0.4 is 5.32 Å². The van der Waals surface area contributed by atoms with Gasteiger partial charge in [0.1, 0.15) is 0 Å². The number of aromatic amines is 1. The van der Waals surface area contributed by atoms with Gasteiger partial charge in [-0.2, -0.15) is 0 Å². The average molecular weight is 257 g/mol. The molecule has 0 atom stereocenters. The Kier molecular flexibility index (Phi) is 4.34. The first-order valence-electron chi connectivity index (χ1n) is 6.45. The monoisotopic (exact) mass is 257 g/mol. The van der Waals surface area contributed by atoms with E-state index in [9.17, 15) is 4.79 Å². The van der Waals surface area contributed by atoms with E-state index in [1.165, 1.54) is 11.1 Å². The van der Waals surface area contributed by atoms with E-state index in [1.807, 2.05) is 6.07 Å². The molecule has 2 aromatic rings. The molecule has 4 heteroatoms. The van der Waals surface area contributed by atoms with E-state index in [0.717, 1.165) is 17.7 Å². The Morgan fingerprint density at radius 2 is 2.16 bits per heavy atom. The predicted octanol–water partition coefficient (Wildman–Crippen LogP) is 1.93. The number of rotatable bonds is 5. The second-order valence-electron chi connectivity index (χ2n) is 4.77. The number of hydrogen-bond donors (Lipinski definition) is 2. The number of H-pyrrole nitrogens is 1. The van der Waals surface area contributed by atoms with Crippen LogP contribution in [0.2, 0.25) is 0 Å². The topological polar surface area (TPSA) is 57.8 Å². The van der Waals surface area contributed by atoms with Gasteiger partial charge in [-0.05, 0) is 30.5 Å². The Labute approximate surface area is 113 Å². The second-order valence-corrected chi connectivity index (χ2v) is 4.77. The van der Waals surface area contributed by atoms with E-state index in [4.69, 9.17) is 0 Å². The molecule has 0 saturated heterocycles. The van der Waals surface area contributed by atoms with Crippen LogP contribution in [0.15, 0.2) is 30.7 Å². The molecule has 1 heterocycles. The number of amides is 1. The van der Waals surface area contributed by atoms with E-state index >= 15 is 0 Å². The van der Waals surface area contributed by atoms with Crippen molar-refractivity contribution in [3.8, 4) is 0 Å². The van der Waals surface area contributed by atoms with Crippen LogP contribution in [0.4, 0.5) is 0 Å². The Morgan fingerprint density at radius 1 is 1.32 bits per heavy atom. The summed E-state index contributed by atoms with van der Waals surface area (Å²) < 4.78 is 0. The maximum atomic E-state index is 11.8. The zero-order chi connectivity index (χ0) is 13.7. The van der Waals surface area contributed by atoms with E-state index in [1.54, 1.807) is 12.5 Å². The third kappa shape index (κ3) is 3.95. The smallest absolute Gasteiger partial charge is 0.224 e. The summed E-state index contributed by atoms with van der Waals surface area (Å²) in [5.41, 5.74) is 4.57. The number of aromatic nitrogens is 2. The average Bonchev–Trinajstić information content (AvgIpc) is 2.87. The van der Waals surface area contributed by atoms with Gasteiger partial charge < -0.3 is 10.3 Å². The van der Waals surface area contributed by atoms with Crippen LogP contribution in [0.1, 0.15) is 22.4 Å². The number of carbonyl (C=O) groups excluding carboxylic acids is 1. The van der Waals surface area contributed by atoms with Crippen molar-refractivity contribution in [3.05, 3.63) is 53.1 Å². The fraction of sp³-hybridized carbons (Fsp3) is 0.333. The first-order valence-corrected chi connectivity index (χ1v) is 6.45. The second kappa shape index (κ2) is 6.18. The standard InChI is InChI=1S/C15H19N3O/c1-11-3-4-13(7-12(11)2)8-15(19)17-6-5-14-9-16-10-18-14/h3-4,7,9-10H,5-6,8H2,1-2H3,(H,16,18)(H,17,19). The molecule has 0 aliphatic rings. The summed E-state index contributed by atoms with van der Waals surface area (Å²) in [6.45, 7) is 4.77. The Balaban J connectivity index is 1.79. The molecule has 100 valence electrons. The van der Waals surface area contributed by atoms with Crippen LogP contribution in [0, 0.1) is 13.8 Å². The number of imidazole rings is 1. The molecule has 4 nitrogen and oxygen atoms in total. The highest BCUT2D eigenvalue weighted by Gasteiger charge is 2.04. The van der Waals surface area contributed by atoms with Gasteiger partial charge in [0.25, 0.3) is 0 Å². The maximum absolute atomic E-state index is 11.8. The molecule has 0 spiro atoms. The molecule has 0 fully saturated rings. The Morgan fingerprint density at radius 3 is 2.84 bits per heavy atom. The number of hydrogen-bond acceptors (Lipinski definition) is 2. The molecule has 0 aliphatic heterocycles. The lowest BCUT2D eigenvalue weighted by Crippen LogP contribution is -2.27. The number of aryl methyl sites for hydroxylation is 2. The summed E-state index contributed by atoms with van der Waals surface area (Å²) >= 11 is 0. The molecule has 0 unspecified atom stereocenters. The van der Waals surface area contributed by atoms with Gasteiger partial charge in [0.15, 0.2) is 0 Å². The molecular formula is C15H19N3O. The van der Waals surface area contributed by atoms with E-state index in [2.05, 4.69) is 41.3 Å². The molecule has 1 amide bonds. The van der Waals surface area contributed by atoms with Gasteiger partial charge in [-0.1, -0.05) is 18.2 Å². The third-order valence-corrected chi connectivity index (χ3v) is 3.21. The molecule has 2 rings (SSSR count). The predicted molar refractivity (Wildman–Crippen MR) is 74.9 cm³/mol. The van der Waals surface area contributed by atoms with Crippen molar-refractivity contribution >= 4 is 5.91 Å². The van der Waals surface area contributed by atoms with Crippen LogP contribution in [0.25, 0.3) is 0 Å². The number of carbonyl (C=O) groups is 1. The molecule has 0 aliphatic carbocycles. The summed E-state index contributed by atoms with van der Waals surface area (Å²) in [5, 5.41) is 2.92. The lowest BCUT2D eigenvalue weighted by Gasteiger charge is -2.06. The van der Waals surface area contributed by atoms with Gasteiger partial charge in [-0.15, -0.1) is 0 Å².